The number of hydrogen-bond donors (Lipinski definition) is 2. The largest absolute Gasteiger partial charge is 0.484 e. The summed E-state index contributed by atoms with van der Waals surface area (Å²) in [5, 5.41) is 20.8. The number of para-hydroxylation sites is 2. The number of ether oxygens (including phenoxy) is 1. The third-order valence-electron chi connectivity index (χ3n) is 6.96. The molecule has 3 aromatic rings. The van der Waals surface area contributed by atoms with Gasteiger partial charge in [-0.3, -0.25) is 9.69 Å². The summed E-state index contributed by atoms with van der Waals surface area (Å²) in [5.41, 5.74) is 3.25. The minimum Gasteiger partial charge on any atom is -0.484 e. The smallest absolute Gasteiger partial charge is 0.260 e. The molecule has 0 aliphatic carbocycles. The van der Waals surface area contributed by atoms with Crippen LogP contribution in [0, 0.1) is 0 Å². The highest BCUT2D eigenvalue weighted by atomic mass is 32.2. The lowest BCUT2D eigenvalue weighted by Gasteiger charge is -2.35. The summed E-state index contributed by atoms with van der Waals surface area (Å²) in [6.45, 7) is 3.65. The minimum absolute atomic E-state index is 0.0124. The molecule has 8 heteroatoms. The van der Waals surface area contributed by atoms with Crippen LogP contribution in [-0.2, 0) is 11.3 Å². The Bertz CT molecular complexity index is 1170. The summed E-state index contributed by atoms with van der Waals surface area (Å²) in [6, 6.07) is 24.3. The quantitative estimate of drug-likeness (QED) is 0.384. The Hall–Kier alpha value is -3.04. The topological polar surface area (TPSA) is 76.5 Å². The molecule has 0 radical (unpaired) electrons. The number of amides is 1. The van der Waals surface area contributed by atoms with Gasteiger partial charge in [0.15, 0.2) is 6.61 Å². The fourth-order valence-corrected chi connectivity index (χ4v) is 6.17. The Labute approximate surface area is 228 Å². The highest BCUT2D eigenvalue weighted by molar-refractivity contribution is 7.99. The lowest BCUT2D eigenvalue weighted by Crippen LogP contribution is -2.40. The maximum absolute atomic E-state index is 12.2. The fourth-order valence-electron chi connectivity index (χ4n) is 5.07. The van der Waals surface area contributed by atoms with E-state index in [2.05, 4.69) is 34.1 Å². The summed E-state index contributed by atoms with van der Waals surface area (Å²) >= 11 is 1.75. The Kier molecular flexibility index (Phi) is 8.86. The SMILES string of the molecule is O=C(COc1ccc(CN(CCO)C[C@H](O)CN2c3ccccc3Sc3ccccc32)cc1)N1CCCC1. The van der Waals surface area contributed by atoms with E-state index in [9.17, 15) is 15.0 Å². The monoisotopic (exact) mass is 533 g/mol. The Morgan fingerprint density at radius 2 is 1.58 bits per heavy atom. The van der Waals surface area contributed by atoms with Crippen molar-refractivity contribution >= 4 is 29.0 Å². The number of carbonyl (C=O) groups is 1. The standard InChI is InChI=1S/C30H35N3O4S/c34-18-17-31(19-23-11-13-25(14-12-23)37-22-30(36)32-15-5-6-16-32)20-24(35)21-33-26-7-1-3-9-28(26)38-29-10-4-2-8-27(29)33/h1-4,7-14,24,34-35H,5-6,15-22H2/t24-/m0/s1. The van der Waals surface area contributed by atoms with Gasteiger partial charge in [-0.15, -0.1) is 0 Å². The summed E-state index contributed by atoms with van der Waals surface area (Å²) in [7, 11) is 0. The molecule has 5 rings (SSSR count). The molecule has 7 nitrogen and oxygen atoms in total. The highest BCUT2D eigenvalue weighted by Crippen LogP contribution is 2.47. The van der Waals surface area contributed by atoms with Gasteiger partial charge in [0.05, 0.1) is 30.6 Å². The second-order valence-corrected chi connectivity index (χ2v) is 10.9. The van der Waals surface area contributed by atoms with E-state index in [1.165, 1.54) is 9.79 Å². The van der Waals surface area contributed by atoms with E-state index < -0.39 is 6.10 Å². The first-order valence-corrected chi connectivity index (χ1v) is 14.1. The van der Waals surface area contributed by atoms with E-state index in [0.717, 1.165) is 42.9 Å². The average molecular weight is 534 g/mol. The molecule has 2 aliphatic heterocycles. The van der Waals surface area contributed by atoms with Crippen LogP contribution in [0.3, 0.4) is 0 Å². The Balaban J connectivity index is 1.19. The van der Waals surface area contributed by atoms with Crippen molar-refractivity contribution in [2.45, 2.75) is 35.3 Å². The number of likely N-dealkylation sites (tertiary alicyclic amines) is 1. The zero-order valence-electron chi connectivity index (χ0n) is 21.5. The van der Waals surface area contributed by atoms with Crippen molar-refractivity contribution in [3.05, 3.63) is 78.4 Å². The second-order valence-electron chi connectivity index (χ2n) is 9.78. The number of anilines is 2. The Morgan fingerprint density at radius 3 is 2.21 bits per heavy atom. The van der Waals surface area contributed by atoms with Gasteiger partial charge in [0.25, 0.3) is 5.91 Å². The number of aliphatic hydroxyl groups excluding tert-OH is 2. The molecular weight excluding hydrogens is 498 g/mol. The van der Waals surface area contributed by atoms with Crippen LogP contribution < -0.4 is 9.64 Å². The summed E-state index contributed by atoms with van der Waals surface area (Å²) in [6.07, 6.45) is 1.51. The van der Waals surface area contributed by atoms with E-state index >= 15 is 0 Å². The number of nitrogens with zero attached hydrogens (tertiary/aromatic N) is 3. The van der Waals surface area contributed by atoms with Gasteiger partial charge >= 0.3 is 0 Å². The zero-order chi connectivity index (χ0) is 26.3. The molecule has 0 aromatic heterocycles. The molecule has 0 spiro atoms. The third-order valence-corrected chi connectivity index (χ3v) is 8.09. The summed E-state index contributed by atoms with van der Waals surface area (Å²) < 4.78 is 5.70. The first-order chi connectivity index (χ1) is 18.6. The van der Waals surface area contributed by atoms with Crippen LogP contribution in [0.1, 0.15) is 18.4 Å². The van der Waals surface area contributed by atoms with Crippen molar-refractivity contribution in [3.63, 3.8) is 0 Å². The molecular formula is C30H35N3O4S. The summed E-state index contributed by atoms with van der Waals surface area (Å²) in [5.74, 6) is 0.697. The zero-order valence-corrected chi connectivity index (χ0v) is 22.4. The molecule has 1 fully saturated rings. The molecule has 0 unspecified atom stereocenters. The van der Waals surface area contributed by atoms with E-state index in [-0.39, 0.29) is 19.1 Å². The van der Waals surface area contributed by atoms with Crippen molar-refractivity contribution in [2.24, 2.45) is 0 Å². The van der Waals surface area contributed by atoms with Crippen LogP contribution >= 0.6 is 11.8 Å². The molecule has 1 atom stereocenters. The molecule has 0 bridgehead atoms. The third kappa shape index (κ3) is 6.50. The van der Waals surface area contributed by atoms with Crippen LogP contribution in [0.15, 0.2) is 82.6 Å². The first kappa shape index (κ1) is 26.6. The average Bonchev–Trinajstić information content (AvgIpc) is 3.48. The first-order valence-electron chi connectivity index (χ1n) is 13.2. The molecule has 200 valence electrons. The van der Waals surface area contributed by atoms with E-state index in [4.69, 9.17) is 4.74 Å². The van der Waals surface area contributed by atoms with Gasteiger partial charge in [-0.05, 0) is 54.8 Å². The van der Waals surface area contributed by atoms with Crippen molar-refractivity contribution in [1.29, 1.82) is 0 Å². The number of β-amino-alcohol motifs (C(OH)–C–C–N with tert-alkyl or cyclic N) is 1. The van der Waals surface area contributed by atoms with Gasteiger partial charge in [0, 0.05) is 42.5 Å². The molecule has 2 heterocycles. The normalized spacial score (nSPS) is 15.3. The van der Waals surface area contributed by atoms with Crippen LogP contribution in [0.2, 0.25) is 0 Å². The molecule has 2 aliphatic rings. The van der Waals surface area contributed by atoms with Crippen LogP contribution in [0.4, 0.5) is 11.4 Å². The van der Waals surface area contributed by atoms with Gasteiger partial charge in [-0.25, -0.2) is 0 Å². The highest BCUT2D eigenvalue weighted by Gasteiger charge is 2.25. The summed E-state index contributed by atoms with van der Waals surface area (Å²) in [4.78, 5) is 20.7. The number of hydrogen-bond acceptors (Lipinski definition) is 7. The number of benzene rings is 3. The van der Waals surface area contributed by atoms with Gasteiger partial charge < -0.3 is 24.7 Å². The van der Waals surface area contributed by atoms with E-state index in [1.807, 2.05) is 53.4 Å². The van der Waals surface area contributed by atoms with Crippen molar-refractivity contribution in [1.82, 2.24) is 9.80 Å². The molecule has 2 N–H and O–H groups in total. The number of carbonyl (C=O) groups excluding carboxylic acids is 1. The maximum Gasteiger partial charge on any atom is 0.260 e. The van der Waals surface area contributed by atoms with Crippen molar-refractivity contribution in [3.8, 4) is 5.75 Å². The number of aliphatic hydroxyl groups is 2. The number of fused-ring (bicyclic) bond motifs is 2. The Morgan fingerprint density at radius 1 is 0.947 bits per heavy atom. The molecule has 0 saturated carbocycles. The van der Waals surface area contributed by atoms with E-state index in [1.54, 1.807) is 11.8 Å². The molecule has 3 aromatic carbocycles. The molecule has 1 amide bonds. The van der Waals surface area contributed by atoms with Gasteiger partial charge in [-0.1, -0.05) is 48.2 Å². The minimum atomic E-state index is -0.620. The predicted octanol–water partition coefficient (Wildman–Crippen LogP) is 4.15. The lowest BCUT2D eigenvalue weighted by molar-refractivity contribution is -0.132. The molecule has 1 saturated heterocycles. The second kappa shape index (κ2) is 12.7. The van der Waals surface area contributed by atoms with Crippen LogP contribution in [0.25, 0.3) is 0 Å². The van der Waals surface area contributed by atoms with Crippen LogP contribution in [0.5, 0.6) is 5.75 Å². The van der Waals surface area contributed by atoms with Crippen LogP contribution in [-0.4, -0.2) is 78.0 Å². The van der Waals surface area contributed by atoms with Gasteiger partial charge in [0.2, 0.25) is 0 Å². The van der Waals surface area contributed by atoms with Gasteiger partial charge in [0.1, 0.15) is 5.75 Å². The number of rotatable bonds is 11. The van der Waals surface area contributed by atoms with E-state index in [0.29, 0.717) is 31.9 Å². The van der Waals surface area contributed by atoms with Crippen molar-refractivity contribution < 1.29 is 19.7 Å². The molecule has 38 heavy (non-hydrogen) atoms. The maximum atomic E-state index is 12.2. The predicted molar refractivity (Wildman–Crippen MR) is 150 cm³/mol. The van der Waals surface area contributed by atoms with Gasteiger partial charge in [-0.2, -0.15) is 0 Å². The fraction of sp³-hybridized carbons (Fsp3) is 0.367. The lowest BCUT2D eigenvalue weighted by atomic mass is 10.1. The van der Waals surface area contributed by atoms with Crippen molar-refractivity contribution in [2.75, 3.05) is 50.8 Å².